The zero-order valence-corrected chi connectivity index (χ0v) is 17.6. The first kappa shape index (κ1) is 19.6. The van der Waals surface area contributed by atoms with E-state index in [1.54, 1.807) is 0 Å². The number of pyridine rings is 1. The van der Waals surface area contributed by atoms with Gasteiger partial charge in [-0.3, -0.25) is 0 Å². The molecule has 6 heteroatoms. The molecule has 0 aliphatic rings. The number of hydrogen-bond acceptors (Lipinski definition) is 2. The van der Waals surface area contributed by atoms with E-state index in [-0.39, 0.29) is 10.8 Å². The van der Waals surface area contributed by atoms with Crippen molar-refractivity contribution in [1.82, 2.24) is 9.71 Å². The summed E-state index contributed by atoms with van der Waals surface area (Å²) in [5, 5.41) is 0. The first-order valence-corrected chi connectivity index (χ1v) is 12.7. The van der Waals surface area contributed by atoms with Crippen molar-refractivity contribution in [2.75, 3.05) is 0 Å². The van der Waals surface area contributed by atoms with E-state index in [1.165, 1.54) is 0 Å². The van der Waals surface area contributed by atoms with Crippen molar-refractivity contribution in [2.24, 2.45) is 0 Å². The van der Waals surface area contributed by atoms with Gasteiger partial charge in [-0.25, -0.2) is 13.9 Å². The summed E-state index contributed by atoms with van der Waals surface area (Å²) >= 11 is 3.39. The van der Waals surface area contributed by atoms with Crippen molar-refractivity contribution in [3.63, 3.8) is 0 Å². The Morgan fingerprint density at radius 3 is 2.50 bits per heavy atom. The van der Waals surface area contributed by atoms with Crippen LogP contribution in [0.3, 0.4) is 0 Å². The average Bonchev–Trinajstić information content (AvgIpc) is 2.34. The molecule has 22 heavy (non-hydrogen) atoms. The monoisotopic (exact) mass is 400 g/mol. The summed E-state index contributed by atoms with van der Waals surface area (Å²) in [7, 11) is -2.57. The summed E-state index contributed by atoms with van der Waals surface area (Å²) in [6.07, 6.45) is 0.607. The molecule has 1 rings (SSSR count). The van der Waals surface area contributed by atoms with Gasteiger partial charge in [0.15, 0.2) is 0 Å². The van der Waals surface area contributed by atoms with Crippen LogP contribution in [0.4, 0.5) is 0 Å². The number of hydrogen-bond donors (Lipinski definition) is 1. The quantitative estimate of drug-likeness (QED) is 0.467. The number of nitrogens with zero attached hydrogens (tertiary/aromatic N) is 1. The van der Waals surface area contributed by atoms with Crippen LogP contribution in [-0.2, 0) is 11.0 Å². The van der Waals surface area contributed by atoms with Crippen molar-refractivity contribution in [2.45, 2.75) is 57.6 Å². The summed E-state index contributed by atoms with van der Waals surface area (Å²) in [5.41, 5.74) is 4.22. The Hall–Kier alpha value is -0.483. The van der Waals surface area contributed by atoms with Gasteiger partial charge < -0.3 is 0 Å². The highest BCUT2D eigenvalue weighted by molar-refractivity contribution is 9.10. The van der Waals surface area contributed by atoms with E-state index in [1.807, 2.05) is 39.0 Å². The third-order valence-electron chi connectivity index (χ3n) is 2.67. The average molecular weight is 401 g/mol. The maximum absolute atomic E-state index is 12.4. The lowest BCUT2D eigenvalue weighted by molar-refractivity contribution is 0.597. The molecular formula is C16H25BrN2OSSi. The molecule has 0 aliphatic carbocycles. The third kappa shape index (κ3) is 7.19. The predicted molar refractivity (Wildman–Crippen MR) is 101 cm³/mol. The minimum Gasteiger partial charge on any atom is -0.244 e. The van der Waals surface area contributed by atoms with Gasteiger partial charge >= 0.3 is 0 Å². The van der Waals surface area contributed by atoms with Gasteiger partial charge in [-0.2, -0.15) is 0 Å². The Labute approximate surface area is 146 Å². The lowest BCUT2D eigenvalue weighted by Crippen LogP contribution is -2.36. The lowest BCUT2D eigenvalue weighted by atomic mass is 10.1. The molecule has 0 aromatic carbocycles. The second-order valence-electron chi connectivity index (χ2n) is 7.19. The molecule has 1 N–H and O–H groups in total. The van der Waals surface area contributed by atoms with E-state index in [9.17, 15) is 4.21 Å². The molecule has 1 aromatic rings. The van der Waals surface area contributed by atoms with Crippen molar-refractivity contribution >= 4 is 35.0 Å². The topological polar surface area (TPSA) is 42.0 Å². The van der Waals surface area contributed by atoms with E-state index in [2.05, 4.69) is 56.7 Å². The Bertz CT molecular complexity index is 597. The molecule has 0 amide bonds. The smallest absolute Gasteiger partial charge is 0.129 e. The highest BCUT2D eigenvalue weighted by Gasteiger charge is 2.24. The van der Waals surface area contributed by atoms with Crippen LogP contribution in [0.15, 0.2) is 22.8 Å². The summed E-state index contributed by atoms with van der Waals surface area (Å²) in [4.78, 5) is 4.49. The normalized spacial score (nSPS) is 14.9. The molecule has 122 valence electrons. The molecule has 0 saturated carbocycles. The highest BCUT2D eigenvalue weighted by atomic mass is 79.9. The van der Waals surface area contributed by atoms with Gasteiger partial charge in [0.2, 0.25) is 0 Å². The standard InChI is InChI=1S/C16H25BrN2OSSi/c1-16(2,3)21(20)19-14(10-8-12-22(4,5)6)13-9-7-11-15(17)18-13/h7,9,11,14,19H,10H2,1-6H3/t14-,21-/m0/s1. The van der Waals surface area contributed by atoms with Gasteiger partial charge in [0.25, 0.3) is 0 Å². The fourth-order valence-electron chi connectivity index (χ4n) is 1.55. The zero-order chi connectivity index (χ0) is 17.0. The number of nitrogens with one attached hydrogen (secondary N) is 1. The minimum atomic E-state index is -1.41. The van der Waals surface area contributed by atoms with Gasteiger partial charge in [-0.15, -0.1) is 11.5 Å². The van der Waals surface area contributed by atoms with Crippen LogP contribution in [0.25, 0.3) is 0 Å². The molecular weight excluding hydrogens is 376 g/mol. The molecule has 0 radical (unpaired) electrons. The van der Waals surface area contributed by atoms with Crippen LogP contribution in [-0.4, -0.2) is 22.0 Å². The first-order chi connectivity index (χ1) is 9.99. The van der Waals surface area contributed by atoms with Crippen molar-refractivity contribution in [3.05, 3.63) is 28.5 Å². The molecule has 0 aliphatic heterocycles. The van der Waals surface area contributed by atoms with Gasteiger partial charge in [0, 0.05) is 6.42 Å². The number of halogens is 1. The Morgan fingerprint density at radius 1 is 1.36 bits per heavy atom. The third-order valence-corrected chi connectivity index (χ3v) is 5.65. The molecule has 0 bridgehead atoms. The van der Waals surface area contributed by atoms with Crippen LogP contribution >= 0.6 is 15.9 Å². The lowest BCUT2D eigenvalue weighted by Gasteiger charge is -2.23. The van der Waals surface area contributed by atoms with E-state index >= 15 is 0 Å². The van der Waals surface area contributed by atoms with E-state index < -0.39 is 19.1 Å². The molecule has 0 fully saturated rings. The second kappa shape index (κ2) is 7.87. The molecule has 2 atom stereocenters. The predicted octanol–water partition coefficient (Wildman–Crippen LogP) is 4.21. The summed E-state index contributed by atoms with van der Waals surface area (Å²) in [6, 6.07) is 5.63. The molecule has 1 aromatic heterocycles. The summed E-state index contributed by atoms with van der Waals surface area (Å²) < 4.78 is 16.1. The first-order valence-electron chi connectivity index (χ1n) is 7.29. The Balaban J connectivity index is 3.00. The number of aromatic nitrogens is 1. The zero-order valence-electron chi connectivity index (χ0n) is 14.2. The SMILES string of the molecule is CC(C)(C)[S@](=O)N[C@@H](CC#C[Si](C)(C)C)c1cccc(Br)n1. The Kier molecular flexibility index (Phi) is 7.00. The van der Waals surface area contributed by atoms with E-state index in [0.29, 0.717) is 6.42 Å². The summed E-state index contributed by atoms with van der Waals surface area (Å²) in [5.74, 6) is 3.26. The van der Waals surface area contributed by atoms with E-state index in [0.717, 1.165) is 10.3 Å². The van der Waals surface area contributed by atoms with E-state index in [4.69, 9.17) is 0 Å². The largest absolute Gasteiger partial charge is 0.244 e. The number of rotatable bonds is 4. The van der Waals surface area contributed by atoms with Crippen LogP contribution in [0, 0.1) is 11.5 Å². The van der Waals surface area contributed by atoms with Gasteiger partial charge in [-0.05, 0) is 48.8 Å². The van der Waals surface area contributed by atoms with Crippen LogP contribution in [0.2, 0.25) is 19.6 Å². The van der Waals surface area contributed by atoms with Crippen molar-refractivity contribution < 1.29 is 4.21 Å². The molecule has 0 saturated heterocycles. The summed E-state index contributed by atoms with van der Waals surface area (Å²) in [6.45, 7) is 12.5. The maximum atomic E-state index is 12.4. The fourth-order valence-corrected chi connectivity index (χ4v) is 3.35. The van der Waals surface area contributed by atoms with Gasteiger partial charge in [0.1, 0.15) is 12.7 Å². The molecule has 1 heterocycles. The van der Waals surface area contributed by atoms with Crippen LogP contribution in [0.5, 0.6) is 0 Å². The van der Waals surface area contributed by atoms with Gasteiger partial charge in [-0.1, -0.05) is 25.7 Å². The fraction of sp³-hybridized carbons (Fsp3) is 0.562. The molecule has 0 unspecified atom stereocenters. The van der Waals surface area contributed by atoms with Crippen molar-refractivity contribution in [1.29, 1.82) is 0 Å². The van der Waals surface area contributed by atoms with Crippen LogP contribution < -0.4 is 4.72 Å². The Morgan fingerprint density at radius 2 is 2.00 bits per heavy atom. The van der Waals surface area contributed by atoms with Gasteiger partial charge in [0.05, 0.1) is 27.5 Å². The molecule has 3 nitrogen and oxygen atoms in total. The molecule has 0 spiro atoms. The second-order valence-corrected chi connectivity index (χ2v) is 14.8. The highest BCUT2D eigenvalue weighted by Crippen LogP contribution is 2.20. The minimum absolute atomic E-state index is 0.138. The van der Waals surface area contributed by atoms with Crippen molar-refractivity contribution in [3.8, 4) is 11.5 Å². The maximum Gasteiger partial charge on any atom is 0.129 e. The van der Waals surface area contributed by atoms with Crippen LogP contribution in [0.1, 0.15) is 38.9 Å².